The molecule has 1 atom stereocenters. The number of hydrogen-bond acceptors (Lipinski definition) is 4. The Morgan fingerprint density at radius 2 is 2.16 bits per heavy atom. The average Bonchev–Trinajstić information content (AvgIpc) is 2.47. The lowest BCUT2D eigenvalue weighted by Gasteiger charge is -2.30. The standard InChI is InChI=1S/C13H22BrN3O2/c1-2-12(14)13(18)17(5-3-4-15)7-6-16-8-10-19-11-9-16/h12H,2-3,5-11H2,1H3. The van der Waals surface area contributed by atoms with Gasteiger partial charge in [0, 0.05) is 32.7 Å². The molecule has 5 nitrogen and oxygen atoms in total. The quantitative estimate of drug-likeness (QED) is 0.658. The molecule has 6 heteroatoms. The summed E-state index contributed by atoms with van der Waals surface area (Å²) >= 11 is 3.39. The monoisotopic (exact) mass is 331 g/mol. The summed E-state index contributed by atoms with van der Waals surface area (Å²) in [5.74, 6) is 0.0889. The normalized spacial score (nSPS) is 17.7. The van der Waals surface area contributed by atoms with Crippen molar-refractivity contribution in [2.45, 2.75) is 24.6 Å². The van der Waals surface area contributed by atoms with Gasteiger partial charge in [0.15, 0.2) is 0 Å². The van der Waals surface area contributed by atoms with E-state index in [9.17, 15) is 4.79 Å². The molecule has 0 spiro atoms. The second-order valence-electron chi connectivity index (χ2n) is 4.56. The maximum Gasteiger partial charge on any atom is 0.236 e. The van der Waals surface area contributed by atoms with Crippen LogP contribution in [0, 0.1) is 11.3 Å². The topological polar surface area (TPSA) is 56.6 Å². The van der Waals surface area contributed by atoms with Crippen LogP contribution in [0.2, 0.25) is 0 Å². The van der Waals surface area contributed by atoms with Gasteiger partial charge in [0.05, 0.1) is 30.5 Å². The number of alkyl halides is 1. The van der Waals surface area contributed by atoms with Crippen molar-refractivity contribution in [3.63, 3.8) is 0 Å². The highest BCUT2D eigenvalue weighted by Gasteiger charge is 2.21. The number of ether oxygens (including phenoxy) is 1. The van der Waals surface area contributed by atoms with Gasteiger partial charge in [-0.2, -0.15) is 5.26 Å². The van der Waals surface area contributed by atoms with E-state index in [1.807, 2.05) is 6.92 Å². The largest absolute Gasteiger partial charge is 0.379 e. The molecule has 0 saturated carbocycles. The predicted octanol–water partition coefficient (Wildman–Crippen LogP) is 1.23. The molecular weight excluding hydrogens is 310 g/mol. The van der Waals surface area contributed by atoms with E-state index in [1.165, 1.54) is 0 Å². The Balaban J connectivity index is 2.44. The summed E-state index contributed by atoms with van der Waals surface area (Å²) in [6.07, 6.45) is 1.15. The van der Waals surface area contributed by atoms with Gasteiger partial charge in [0.2, 0.25) is 5.91 Å². The van der Waals surface area contributed by atoms with E-state index in [0.29, 0.717) is 19.5 Å². The molecule has 0 radical (unpaired) electrons. The molecule has 0 aromatic carbocycles. The van der Waals surface area contributed by atoms with Crippen LogP contribution in [0.5, 0.6) is 0 Å². The van der Waals surface area contributed by atoms with Crippen LogP contribution in [0.1, 0.15) is 19.8 Å². The van der Waals surface area contributed by atoms with Gasteiger partial charge in [-0.25, -0.2) is 0 Å². The first-order valence-electron chi connectivity index (χ1n) is 6.79. The van der Waals surface area contributed by atoms with Crippen LogP contribution in [0.3, 0.4) is 0 Å². The molecule has 1 unspecified atom stereocenters. The minimum absolute atomic E-state index is 0.0889. The van der Waals surface area contributed by atoms with Crippen molar-refractivity contribution in [3.8, 4) is 6.07 Å². The predicted molar refractivity (Wildman–Crippen MR) is 77.1 cm³/mol. The summed E-state index contributed by atoms with van der Waals surface area (Å²) in [5, 5.41) is 8.68. The molecule has 1 heterocycles. The number of nitriles is 1. The molecule has 0 aliphatic carbocycles. The van der Waals surface area contributed by atoms with Crippen molar-refractivity contribution in [1.29, 1.82) is 5.26 Å². The fraction of sp³-hybridized carbons (Fsp3) is 0.846. The Morgan fingerprint density at radius 1 is 1.47 bits per heavy atom. The number of rotatable bonds is 7. The molecule has 108 valence electrons. The molecule has 19 heavy (non-hydrogen) atoms. The number of hydrogen-bond donors (Lipinski definition) is 0. The summed E-state index contributed by atoms with van der Waals surface area (Å²) in [6.45, 7) is 7.40. The van der Waals surface area contributed by atoms with E-state index < -0.39 is 0 Å². The average molecular weight is 332 g/mol. The highest BCUT2D eigenvalue weighted by atomic mass is 79.9. The van der Waals surface area contributed by atoms with Crippen molar-refractivity contribution in [2.75, 3.05) is 45.9 Å². The van der Waals surface area contributed by atoms with Gasteiger partial charge < -0.3 is 9.64 Å². The SMILES string of the molecule is CCC(Br)C(=O)N(CCC#N)CCN1CCOCC1. The molecule has 0 N–H and O–H groups in total. The second-order valence-corrected chi connectivity index (χ2v) is 5.67. The molecule has 1 rings (SSSR count). The summed E-state index contributed by atoms with van der Waals surface area (Å²) < 4.78 is 5.30. The van der Waals surface area contributed by atoms with E-state index in [1.54, 1.807) is 4.90 Å². The molecule has 1 fully saturated rings. The number of nitrogens with zero attached hydrogens (tertiary/aromatic N) is 3. The lowest BCUT2D eigenvalue weighted by atomic mass is 10.2. The zero-order valence-corrected chi connectivity index (χ0v) is 13.1. The molecule has 1 saturated heterocycles. The Bertz CT molecular complexity index is 314. The van der Waals surface area contributed by atoms with E-state index in [4.69, 9.17) is 10.00 Å². The Morgan fingerprint density at radius 3 is 2.74 bits per heavy atom. The number of morpholine rings is 1. The van der Waals surface area contributed by atoms with Gasteiger partial charge in [-0.3, -0.25) is 9.69 Å². The van der Waals surface area contributed by atoms with Gasteiger partial charge in [0.1, 0.15) is 0 Å². The molecule has 0 bridgehead atoms. The smallest absolute Gasteiger partial charge is 0.236 e. The van der Waals surface area contributed by atoms with E-state index >= 15 is 0 Å². The first-order valence-corrected chi connectivity index (χ1v) is 7.70. The maximum absolute atomic E-state index is 12.2. The lowest BCUT2D eigenvalue weighted by molar-refractivity contribution is -0.130. The third-order valence-corrected chi connectivity index (χ3v) is 4.26. The molecule has 0 aromatic rings. The fourth-order valence-corrected chi connectivity index (χ4v) is 2.27. The highest BCUT2D eigenvalue weighted by molar-refractivity contribution is 9.10. The van der Waals surface area contributed by atoms with Gasteiger partial charge in [-0.15, -0.1) is 0 Å². The highest BCUT2D eigenvalue weighted by Crippen LogP contribution is 2.10. The summed E-state index contributed by atoms with van der Waals surface area (Å²) in [4.78, 5) is 16.1. The lowest BCUT2D eigenvalue weighted by Crippen LogP contribution is -2.45. The number of carbonyl (C=O) groups is 1. The van der Waals surface area contributed by atoms with Crippen LogP contribution in [0.4, 0.5) is 0 Å². The van der Waals surface area contributed by atoms with Crippen molar-refractivity contribution in [3.05, 3.63) is 0 Å². The Labute approximate surface area is 123 Å². The Hall–Kier alpha value is -0.640. The third kappa shape index (κ3) is 5.89. The van der Waals surface area contributed by atoms with Crippen molar-refractivity contribution in [2.24, 2.45) is 0 Å². The van der Waals surface area contributed by atoms with Crippen molar-refractivity contribution >= 4 is 21.8 Å². The number of halogens is 1. The fourth-order valence-electron chi connectivity index (χ4n) is 1.98. The summed E-state index contributed by atoms with van der Waals surface area (Å²) in [7, 11) is 0. The molecule has 0 aromatic heterocycles. The summed E-state index contributed by atoms with van der Waals surface area (Å²) in [5.41, 5.74) is 0. The Kier molecular flexibility index (Phi) is 8.03. The van der Waals surface area contributed by atoms with Crippen LogP contribution in [-0.4, -0.2) is 66.5 Å². The zero-order valence-electron chi connectivity index (χ0n) is 11.5. The maximum atomic E-state index is 12.2. The molecule has 1 amide bonds. The molecule has 1 aliphatic rings. The van der Waals surface area contributed by atoms with Crippen LogP contribution in [0.25, 0.3) is 0 Å². The van der Waals surface area contributed by atoms with Gasteiger partial charge in [-0.05, 0) is 6.42 Å². The van der Waals surface area contributed by atoms with Crippen LogP contribution in [0.15, 0.2) is 0 Å². The van der Waals surface area contributed by atoms with E-state index in [0.717, 1.165) is 39.3 Å². The van der Waals surface area contributed by atoms with Gasteiger partial charge in [0.25, 0.3) is 0 Å². The minimum atomic E-state index is -0.143. The zero-order chi connectivity index (χ0) is 14.1. The van der Waals surface area contributed by atoms with Gasteiger partial charge in [-0.1, -0.05) is 22.9 Å². The first-order chi connectivity index (χ1) is 9.19. The molecule has 1 aliphatic heterocycles. The number of amides is 1. The second kappa shape index (κ2) is 9.29. The minimum Gasteiger partial charge on any atom is -0.379 e. The van der Waals surface area contributed by atoms with Crippen LogP contribution in [-0.2, 0) is 9.53 Å². The van der Waals surface area contributed by atoms with Crippen LogP contribution < -0.4 is 0 Å². The third-order valence-electron chi connectivity index (χ3n) is 3.22. The van der Waals surface area contributed by atoms with Crippen molar-refractivity contribution in [1.82, 2.24) is 9.80 Å². The molecular formula is C13H22BrN3O2. The summed E-state index contributed by atoms with van der Waals surface area (Å²) in [6, 6.07) is 2.11. The van der Waals surface area contributed by atoms with Crippen LogP contribution >= 0.6 is 15.9 Å². The van der Waals surface area contributed by atoms with Crippen molar-refractivity contribution < 1.29 is 9.53 Å². The van der Waals surface area contributed by atoms with E-state index in [-0.39, 0.29) is 10.7 Å². The van der Waals surface area contributed by atoms with Gasteiger partial charge >= 0.3 is 0 Å². The number of carbonyl (C=O) groups excluding carboxylic acids is 1. The van der Waals surface area contributed by atoms with E-state index in [2.05, 4.69) is 26.9 Å². The first kappa shape index (κ1) is 16.4.